The predicted molar refractivity (Wildman–Crippen MR) is 73.9 cm³/mol. The summed E-state index contributed by atoms with van der Waals surface area (Å²) in [6, 6.07) is 0. The van der Waals surface area contributed by atoms with Crippen LogP contribution in [0.25, 0.3) is 0 Å². The van der Waals surface area contributed by atoms with Gasteiger partial charge in [0.2, 0.25) is 0 Å². The van der Waals surface area contributed by atoms with E-state index in [2.05, 4.69) is 5.10 Å². The summed E-state index contributed by atoms with van der Waals surface area (Å²) in [6.07, 6.45) is 1.91. The maximum Gasteiger partial charge on any atom is 0.282 e. The van der Waals surface area contributed by atoms with Crippen molar-refractivity contribution in [1.29, 1.82) is 0 Å². The summed E-state index contributed by atoms with van der Waals surface area (Å²) in [4.78, 5) is 0. The summed E-state index contributed by atoms with van der Waals surface area (Å²) in [6.45, 7) is 5.53. The molecule has 1 saturated heterocycles. The van der Waals surface area contributed by atoms with E-state index in [1.54, 1.807) is 16.0 Å². The first-order chi connectivity index (χ1) is 8.84. The fourth-order valence-corrected chi connectivity index (χ4v) is 3.87. The van der Waals surface area contributed by atoms with E-state index < -0.39 is 10.2 Å². The summed E-state index contributed by atoms with van der Waals surface area (Å²) < 4.78 is 29.6. The summed E-state index contributed by atoms with van der Waals surface area (Å²) in [5.41, 5.74) is 2.90. The Morgan fingerprint density at radius 3 is 2.32 bits per heavy atom. The maximum absolute atomic E-state index is 12.4. The zero-order chi connectivity index (χ0) is 14.2. The van der Waals surface area contributed by atoms with Crippen LogP contribution in [-0.2, 0) is 23.8 Å². The molecule has 0 unspecified atom stereocenters. The van der Waals surface area contributed by atoms with Crippen LogP contribution in [0.4, 0.5) is 0 Å². The van der Waals surface area contributed by atoms with Gasteiger partial charge < -0.3 is 0 Å². The highest BCUT2D eigenvalue weighted by Gasteiger charge is 2.30. The molecule has 0 atom stereocenters. The molecule has 108 valence electrons. The van der Waals surface area contributed by atoms with E-state index in [1.165, 1.54) is 4.31 Å². The van der Waals surface area contributed by atoms with Crippen LogP contribution in [0.2, 0.25) is 0 Å². The van der Waals surface area contributed by atoms with Gasteiger partial charge in [-0.2, -0.15) is 22.1 Å². The Morgan fingerprint density at radius 1 is 1.26 bits per heavy atom. The summed E-state index contributed by atoms with van der Waals surface area (Å²) >= 11 is 0. The van der Waals surface area contributed by atoms with Crippen LogP contribution in [0.5, 0.6) is 0 Å². The van der Waals surface area contributed by atoms with Crippen molar-refractivity contribution >= 4 is 10.2 Å². The molecular weight excluding hydrogens is 264 g/mol. The second kappa shape index (κ2) is 5.22. The molecule has 0 amide bonds. The van der Waals surface area contributed by atoms with Crippen LogP contribution in [0, 0.1) is 13.8 Å². The van der Waals surface area contributed by atoms with Crippen LogP contribution < -0.4 is 0 Å². The molecule has 0 bridgehead atoms. The minimum Gasteiger partial charge on any atom is -0.272 e. The smallest absolute Gasteiger partial charge is 0.272 e. The van der Waals surface area contributed by atoms with Gasteiger partial charge in [-0.05, 0) is 26.7 Å². The normalized spacial score (nSPS) is 17.5. The molecule has 0 aromatic carbocycles. The quantitative estimate of drug-likeness (QED) is 0.823. The molecule has 6 nitrogen and oxygen atoms in total. The SMILES string of the molecule is Cc1nn(C)c(C)c1CN(C)S(=O)(=O)N1CCCC1. The molecule has 2 rings (SSSR count). The Hall–Kier alpha value is -0.920. The van der Waals surface area contributed by atoms with Gasteiger partial charge >= 0.3 is 0 Å². The average Bonchev–Trinajstić information content (AvgIpc) is 2.94. The summed E-state index contributed by atoms with van der Waals surface area (Å²) in [7, 11) is 0.183. The Morgan fingerprint density at radius 2 is 1.84 bits per heavy atom. The Bertz CT molecular complexity index is 559. The van der Waals surface area contributed by atoms with Crippen LogP contribution in [0.1, 0.15) is 29.8 Å². The van der Waals surface area contributed by atoms with Crippen LogP contribution in [0.15, 0.2) is 0 Å². The largest absolute Gasteiger partial charge is 0.282 e. The number of aryl methyl sites for hydroxylation is 2. The fraction of sp³-hybridized carbons (Fsp3) is 0.750. The van der Waals surface area contributed by atoms with Gasteiger partial charge in [0.05, 0.1) is 5.69 Å². The third kappa shape index (κ3) is 2.68. The zero-order valence-corrected chi connectivity index (χ0v) is 12.9. The molecule has 19 heavy (non-hydrogen) atoms. The van der Waals surface area contributed by atoms with E-state index in [4.69, 9.17) is 0 Å². The van der Waals surface area contributed by atoms with Crippen molar-refractivity contribution < 1.29 is 8.42 Å². The topological polar surface area (TPSA) is 58.4 Å². The van der Waals surface area contributed by atoms with Crippen molar-refractivity contribution in [2.24, 2.45) is 7.05 Å². The van der Waals surface area contributed by atoms with Crippen molar-refractivity contribution in [3.05, 3.63) is 17.0 Å². The lowest BCUT2D eigenvalue weighted by Gasteiger charge is -2.23. The average molecular weight is 286 g/mol. The number of hydrogen-bond acceptors (Lipinski definition) is 3. The van der Waals surface area contributed by atoms with Gasteiger partial charge in [0.25, 0.3) is 10.2 Å². The molecule has 0 aliphatic carbocycles. The standard InChI is InChI=1S/C12H22N4O2S/c1-10-12(11(2)15(4)13-10)9-14(3)19(17,18)16-7-5-6-8-16/h5-9H2,1-4H3. The first kappa shape index (κ1) is 14.5. The minimum atomic E-state index is -3.33. The number of nitrogens with zero attached hydrogens (tertiary/aromatic N) is 4. The van der Waals surface area contributed by atoms with E-state index in [0.717, 1.165) is 29.8 Å². The summed E-state index contributed by atoms with van der Waals surface area (Å²) in [5, 5.41) is 4.32. The highest BCUT2D eigenvalue weighted by molar-refractivity contribution is 7.86. The Balaban J connectivity index is 2.18. The molecule has 0 radical (unpaired) electrons. The molecule has 1 aliphatic rings. The molecule has 1 fully saturated rings. The third-order valence-corrected chi connectivity index (χ3v) is 5.76. The molecule has 0 saturated carbocycles. The minimum absolute atomic E-state index is 0.379. The molecule has 1 aromatic rings. The second-order valence-electron chi connectivity index (χ2n) is 5.14. The van der Waals surface area contributed by atoms with Crippen molar-refractivity contribution in [3.63, 3.8) is 0 Å². The monoisotopic (exact) mass is 286 g/mol. The molecular formula is C12H22N4O2S. The second-order valence-corrected chi connectivity index (χ2v) is 7.18. The van der Waals surface area contributed by atoms with Gasteiger partial charge in [-0.3, -0.25) is 4.68 Å². The lowest BCUT2D eigenvalue weighted by Crippen LogP contribution is -2.40. The Labute approximate surface area is 115 Å². The third-order valence-electron chi connectivity index (χ3n) is 3.82. The van der Waals surface area contributed by atoms with Crippen molar-refractivity contribution in [2.45, 2.75) is 33.2 Å². The molecule has 0 N–H and O–H groups in total. The van der Waals surface area contributed by atoms with Crippen molar-refractivity contribution in [3.8, 4) is 0 Å². The van der Waals surface area contributed by atoms with E-state index in [-0.39, 0.29) is 0 Å². The van der Waals surface area contributed by atoms with E-state index in [9.17, 15) is 8.42 Å². The van der Waals surface area contributed by atoms with Crippen LogP contribution in [0.3, 0.4) is 0 Å². The zero-order valence-electron chi connectivity index (χ0n) is 12.0. The first-order valence-electron chi connectivity index (χ1n) is 6.54. The molecule has 1 aliphatic heterocycles. The highest BCUT2D eigenvalue weighted by Crippen LogP contribution is 2.20. The molecule has 7 heteroatoms. The van der Waals surface area contributed by atoms with Gasteiger partial charge in [-0.1, -0.05) is 0 Å². The molecule has 2 heterocycles. The van der Waals surface area contributed by atoms with E-state index >= 15 is 0 Å². The van der Waals surface area contributed by atoms with Crippen molar-refractivity contribution in [1.82, 2.24) is 18.4 Å². The predicted octanol–water partition coefficient (Wildman–Crippen LogP) is 0.809. The molecule has 1 aromatic heterocycles. The number of hydrogen-bond donors (Lipinski definition) is 0. The van der Waals surface area contributed by atoms with E-state index in [1.807, 2.05) is 20.9 Å². The lowest BCUT2D eigenvalue weighted by atomic mass is 10.2. The maximum atomic E-state index is 12.4. The Kier molecular flexibility index (Phi) is 3.98. The highest BCUT2D eigenvalue weighted by atomic mass is 32.2. The fourth-order valence-electron chi connectivity index (χ4n) is 2.47. The van der Waals surface area contributed by atoms with Gasteiger partial charge in [-0.15, -0.1) is 0 Å². The number of rotatable bonds is 4. The lowest BCUT2D eigenvalue weighted by molar-refractivity contribution is 0.391. The molecule has 0 spiro atoms. The van der Waals surface area contributed by atoms with Gasteiger partial charge in [0.15, 0.2) is 0 Å². The van der Waals surface area contributed by atoms with Gasteiger partial charge in [-0.25, -0.2) is 0 Å². The first-order valence-corrected chi connectivity index (χ1v) is 7.94. The summed E-state index contributed by atoms with van der Waals surface area (Å²) in [5.74, 6) is 0. The van der Waals surface area contributed by atoms with Crippen LogP contribution >= 0.6 is 0 Å². The van der Waals surface area contributed by atoms with Gasteiger partial charge in [0.1, 0.15) is 0 Å². The number of aromatic nitrogens is 2. The van der Waals surface area contributed by atoms with Gasteiger partial charge in [0, 0.05) is 45.0 Å². The van der Waals surface area contributed by atoms with Crippen molar-refractivity contribution in [2.75, 3.05) is 20.1 Å². The van der Waals surface area contributed by atoms with Crippen LogP contribution in [-0.4, -0.2) is 46.9 Å². The van der Waals surface area contributed by atoms with E-state index in [0.29, 0.717) is 19.6 Å².